The highest BCUT2D eigenvalue weighted by Gasteiger charge is 2.34. The number of halogens is 3. The molecule has 0 aliphatic carbocycles. The van der Waals surface area contributed by atoms with Crippen LogP contribution in [0.2, 0.25) is 0 Å². The molecular weight excluding hydrogens is 571 g/mol. The van der Waals surface area contributed by atoms with Crippen LogP contribution in [-0.2, 0) is 28.9 Å². The van der Waals surface area contributed by atoms with Crippen LogP contribution in [0.15, 0.2) is 60.8 Å². The second kappa shape index (κ2) is 25.4. The summed E-state index contributed by atoms with van der Waals surface area (Å²) >= 11 is -1.45. The van der Waals surface area contributed by atoms with Crippen LogP contribution >= 0.6 is 0 Å². The number of nitrogens with one attached hydrogen (secondary N) is 2. The smallest absolute Gasteiger partial charge is 0.416 e. The van der Waals surface area contributed by atoms with E-state index < -0.39 is 22.9 Å². The van der Waals surface area contributed by atoms with Crippen LogP contribution in [0.1, 0.15) is 73.6 Å². The number of amidine groups is 1. The molecular formula is C29H50F3N5O4S. The van der Waals surface area contributed by atoms with Gasteiger partial charge in [-0.2, -0.15) is 17.6 Å². The zero-order valence-electron chi connectivity index (χ0n) is 26.8. The Labute approximate surface area is 252 Å². The van der Waals surface area contributed by atoms with E-state index in [0.29, 0.717) is 30.3 Å². The number of aliphatic hydroxyl groups excluding tert-OH is 1. The standard InChI is InChI=1S/C11H15N3O2S.C10H14F3NO.C4H9NO.2C2H6/c1-8(2)3-9-4-10(16-7-9)5-12-11-6-13-17(15)14-11;1-7(6-15)9(10(11,12)13)5-4-8(2)14-3;1-3-5(2)4-6;2*1-2/h4,6-8H,3,5H2,1-2H3,(H,12,14);4-6,14-15H,1-3H3;4H,3H2,1-2H3;2*1-2H3/b;7-6+,8-4+,9-5+;;;. The monoisotopic (exact) mass is 621 g/mol. The van der Waals surface area contributed by atoms with Crippen molar-refractivity contribution >= 4 is 29.6 Å². The number of carbonyl (C=O) groups excluding carboxylic acids is 1. The lowest BCUT2D eigenvalue weighted by Gasteiger charge is -2.10. The first-order valence-electron chi connectivity index (χ1n) is 13.7. The van der Waals surface area contributed by atoms with E-state index in [2.05, 4.69) is 33.3 Å². The molecule has 13 heteroatoms. The molecule has 2 rings (SSSR count). The number of alkyl halides is 3. The molecule has 0 spiro atoms. The first kappa shape index (κ1) is 43.1. The summed E-state index contributed by atoms with van der Waals surface area (Å²) in [5, 5.41) is 14.3. The molecule has 1 atom stereocenters. The van der Waals surface area contributed by atoms with E-state index in [-0.39, 0.29) is 5.57 Å². The van der Waals surface area contributed by atoms with Gasteiger partial charge in [-0.1, -0.05) is 41.5 Å². The molecule has 0 radical (unpaired) electrons. The zero-order chi connectivity index (χ0) is 33.3. The molecule has 3 N–H and O–H groups in total. The quantitative estimate of drug-likeness (QED) is 0.158. The normalized spacial score (nSPS) is 14.5. The van der Waals surface area contributed by atoms with Gasteiger partial charge in [0, 0.05) is 26.3 Å². The number of amides is 1. The first-order chi connectivity index (χ1) is 19.8. The summed E-state index contributed by atoms with van der Waals surface area (Å²) in [5.74, 6) is 1.99. The molecule has 1 aromatic rings. The highest BCUT2D eigenvalue weighted by atomic mass is 32.2. The summed E-state index contributed by atoms with van der Waals surface area (Å²) in [7, 11) is 3.36. The second-order valence-corrected chi connectivity index (χ2v) is 9.34. The van der Waals surface area contributed by atoms with Gasteiger partial charge in [-0.05, 0) is 62.5 Å². The Morgan fingerprint density at radius 1 is 1.19 bits per heavy atom. The van der Waals surface area contributed by atoms with Gasteiger partial charge in [0.05, 0.1) is 30.9 Å². The molecule has 0 saturated carbocycles. The summed E-state index contributed by atoms with van der Waals surface area (Å²) in [6.07, 6.45) is 3.27. The molecule has 9 nitrogen and oxygen atoms in total. The summed E-state index contributed by atoms with van der Waals surface area (Å²) in [4.78, 5) is 11.2. The van der Waals surface area contributed by atoms with E-state index in [9.17, 15) is 22.2 Å². The minimum absolute atomic E-state index is 0.220. The van der Waals surface area contributed by atoms with Crippen LogP contribution in [0.4, 0.5) is 13.2 Å². The third kappa shape index (κ3) is 21.4. The summed E-state index contributed by atoms with van der Waals surface area (Å²) in [6.45, 7) is 18.4. The molecule has 42 heavy (non-hydrogen) atoms. The fourth-order valence-electron chi connectivity index (χ4n) is 2.46. The molecule has 1 unspecified atom stereocenters. The molecule has 0 aromatic carbocycles. The number of allylic oxidation sites excluding steroid dienone is 5. The predicted molar refractivity (Wildman–Crippen MR) is 169 cm³/mol. The van der Waals surface area contributed by atoms with Gasteiger partial charge >= 0.3 is 6.18 Å². The molecule has 1 aliphatic rings. The SMILES string of the molecule is CC.CC.CC(C)Cc1coc(CNC2=NS(=O)N=C2)c1.CCN(C)C=O.CN/C(C)=C/C=C(\C(C)=C\O)C(F)(F)F. The van der Waals surface area contributed by atoms with Gasteiger partial charge in [0.25, 0.3) is 11.2 Å². The van der Waals surface area contributed by atoms with E-state index in [1.807, 2.05) is 40.7 Å². The largest absolute Gasteiger partial charge is 0.515 e. The maximum absolute atomic E-state index is 12.4. The van der Waals surface area contributed by atoms with Gasteiger partial charge in [0.1, 0.15) is 5.76 Å². The Hall–Kier alpha value is -3.35. The number of hydrogen-bond donors (Lipinski definition) is 3. The van der Waals surface area contributed by atoms with Crippen molar-refractivity contribution in [2.24, 2.45) is 14.7 Å². The predicted octanol–water partition coefficient (Wildman–Crippen LogP) is 6.84. The average molecular weight is 622 g/mol. The molecule has 242 valence electrons. The van der Waals surface area contributed by atoms with E-state index in [0.717, 1.165) is 31.2 Å². The molecule has 0 bridgehead atoms. The third-order valence-corrected chi connectivity index (χ3v) is 5.37. The van der Waals surface area contributed by atoms with Crippen molar-refractivity contribution in [2.45, 2.75) is 81.5 Å². The van der Waals surface area contributed by atoms with Gasteiger partial charge in [0.2, 0.25) is 6.41 Å². The van der Waals surface area contributed by atoms with E-state index in [1.165, 1.54) is 24.8 Å². The molecule has 0 saturated heterocycles. The summed E-state index contributed by atoms with van der Waals surface area (Å²) < 4.78 is 61.0. The van der Waals surface area contributed by atoms with Crippen LogP contribution in [0, 0.1) is 5.92 Å². The first-order valence-corrected chi connectivity index (χ1v) is 14.8. The number of rotatable bonds is 9. The Kier molecular flexibility index (Phi) is 26.0. The van der Waals surface area contributed by atoms with Crippen molar-refractivity contribution in [3.63, 3.8) is 0 Å². The van der Waals surface area contributed by atoms with Crippen molar-refractivity contribution in [2.75, 3.05) is 20.6 Å². The number of hydrogen-bond acceptors (Lipinski definition) is 6. The van der Waals surface area contributed by atoms with Crippen molar-refractivity contribution in [1.82, 2.24) is 15.5 Å². The minimum atomic E-state index is -4.46. The van der Waals surface area contributed by atoms with Crippen molar-refractivity contribution < 1.29 is 31.7 Å². The van der Waals surface area contributed by atoms with Gasteiger partial charge in [0.15, 0.2) is 5.84 Å². The lowest BCUT2D eigenvalue weighted by atomic mass is 10.1. The molecule has 2 heterocycles. The van der Waals surface area contributed by atoms with Gasteiger partial charge < -0.3 is 25.1 Å². The summed E-state index contributed by atoms with van der Waals surface area (Å²) in [6, 6.07) is 2.02. The fraction of sp³-hybridized carbons (Fsp3) is 0.552. The fourth-order valence-corrected chi connectivity index (χ4v) is 2.98. The number of carbonyl (C=O) groups is 1. The second-order valence-electron chi connectivity index (χ2n) is 8.48. The van der Waals surface area contributed by atoms with E-state index in [1.54, 1.807) is 32.2 Å². The molecule has 1 amide bonds. The maximum atomic E-state index is 12.4. The topological polar surface area (TPSA) is 120 Å². The third-order valence-electron chi connectivity index (χ3n) is 4.73. The van der Waals surface area contributed by atoms with Crippen LogP contribution in [0.25, 0.3) is 0 Å². The maximum Gasteiger partial charge on any atom is 0.416 e. The van der Waals surface area contributed by atoms with Gasteiger partial charge in [-0.25, -0.2) is 4.21 Å². The minimum Gasteiger partial charge on any atom is -0.515 e. The molecule has 1 aromatic heterocycles. The number of furan rings is 1. The Morgan fingerprint density at radius 3 is 2.17 bits per heavy atom. The van der Waals surface area contributed by atoms with Gasteiger partial charge in [-0.15, -0.1) is 4.40 Å². The average Bonchev–Trinajstić information content (AvgIpc) is 3.60. The van der Waals surface area contributed by atoms with Gasteiger partial charge in [-0.3, -0.25) is 4.79 Å². The van der Waals surface area contributed by atoms with Crippen LogP contribution in [0.5, 0.6) is 0 Å². The highest BCUT2D eigenvalue weighted by Crippen LogP contribution is 2.30. The van der Waals surface area contributed by atoms with Crippen molar-refractivity contribution in [1.29, 1.82) is 0 Å². The van der Waals surface area contributed by atoms with Crippen molar-refractivity contribution in [3.05, 3.63) is 58.9 Å². The van der Waals surface area contributed by atoms with Crippen LogP contribution in [-0.4, -0.2) is 59.5 Å². The summed E-state index contributed by atoms with van der Waals surface area (Å²) in [5.41, 5.74) is 0.715. The van der Waals surface area contributed by atoms with Crippen LogP contribution < -0.4 is 10.6 Å². The molecule has 1 aliphatic heterocycles. The lowest BCUT2D eigenvalue weighted by molar-refractivity contribution is -0.116. The number of aliphatic hydroxyl groups is 1. The van der Waals surface area contributed by atoms with Crippen LogP contribution in [0.3, 0.4) is 0 Å². The number of nitrogens with zero attached hydrogens (tertiary/aromatic N) is 3. The Balaban J connectivity index is -0.000000557. The lowest BCUT2D eigenvalue weighted by Crippen LogP contribution is -2.22. The van der Waals surface area contributed by atoms with E-state index in [4.69, 9.17) is 9.52 Å². The Bertz CT molecular complexity index is 1050. The zero-order valence-corrected chi connectivity index (χ0v) is 27.6. The Morgan fingerprint density at radius 2 is 1.79 bits per heavy atom. The van der Waals surface area contributed by atoms with E-state index >= 15 is 0 Å². The highest BCUT2D eigenvalue weighted by molar-refractivity contribution is 7.83. The van der Waals surface area contributed by atoms with Crippen molar-refractivity contribution in [3.8, 4) is 0 Å². The molecule has 0 fully saturated rings.